The normalized spacial score (nSPS) is 22.0. The first-order chi connectivity index (χ1) is 10.7. The van der Waals surface area contributed by atoms with Gasteiger partial charge in [-0.2, -0.15) is 0 Å². The standard InChI is InChI=1S/C15H22N2O5S/c1-16(23(2,21)22)13-5-3-11(4-6-13)15(20)17-8-7-12(10-18)14(19)9-17/h3-6,12,14,18-19H,7-10H2,1-2H3/t12-,14-/m1/s1. The Labute approximate surface area is 136 Å². The molecule has 128 valence electrons. The Bertz CT molecular complexity index is 659. The number of hydrogen-bond acceptors (Lipinski definition) is 5. The molecule has 0 unspecified atom stereocenters. The fraction of sp³-hybridized carbons (Fsp3) is 0.533. The highest BCUT2D eigenvalue weighted by molar-refractivity contribution is 7.92. The van der Waals surface area contributed by atoms with E-state index in [1.165, 1.54) is 7.05 Å². The van der Waals surface area contributed by atoms with Crippen molar-refractivity contribution in [3.8, 4) is 0 Å². The fourth-order valence-corrected chi connectivity index (χ4v) is 3.07. The van der Waals surface area contributed by atoms with Crippen LogP contribution in [0, 0.1) is 5.92 Å². The lowest BCUT2D eigenvalue weighted by Crippen LogP contribution is -2.47. The van der Waals surface area contributed by atoms with Crippen molar-refractivity contribution in [1.82, 2.24) is 4.90 Å². The highest BCUT2D eigenvalue weighted by atomic mass is 32.2. The molecule has 23 heavy (non-hydrogen) atoms. The number of amides is 1. The van der Waals surface area contributed by atoms with Gasteiger partial charge < -0.3 is 15.1 Å². The van der Waals surface area contributed by atoms with E-state index in [4.69, 9.17) is 5.11 Å². The molecule has 1 heterocycles. The summed E-state index contributed by atoms with van der Waals surface area (Å²) in [4.78, 5) is 14.0. The quantitative estimate of drug-likeness (QED) is 0.796. The van der Waals surface area contributed by atoms with Gasteiger partial charge in [0.05, 0.1) is 18.0 Å². The van der Waals surface area contributed by atoms with Crippen LogP contribution in [-0.4, -0.2) is 68.5 Å². The van der Waals surface area contributed by atoms with Crippen LogP contribution in [0.2, 0.25) is 0 Å². The van der Waals surface area contributed by atoms with Crippen LogP contribution in [0.25, 0.3) is 0 Å². The Morgan fingerprint density at radius 3 is 2.43 bits per heavy atom. The molecule has 2 atom stereocenters. The molecular formula is C15H22N2O5S. The summed E-state index contributed by atoms with van der Waals surface area (Å²) in [5.41, 5.74) is 0.911. The number of rotatable bonds is 4. The fourth-order valence-electron chi connectivity index (χ4n) is 2.57. The maximum Gasteiger partial charge on any atom is 0.253 e. The third-order valence-corrected chi connectivity index (χ3v) is 5.42. The second-order valence-electron chi connectivity index (χ2n) is 5.83. The van der Waals surface area contributed by atoms with Crippen LogP contribution >= 0.6 is 0 Å². The van der Waals surface area contributed by atoms with Gasteiger partial charge in [-0.3, -0.25) is 9.10 Å². The molecule has 1 aliphatic rings. The smallest absolute Gasteiger partial charge is 0.253 e. The number of aliphatic hydroxyl groups is 2. The summed E-state index contributed by atoms with van der Waals surface area (Å²) >= 11 is 0. The molecule has 7 nitrogen and oxygen atoms in total. The topological polar surface area (TPSA) is 98.2 Å². The zero-order valence-corrected chi connectivity index (χ0v) is 14.0. The predicted octanol–water partition coefficient (Wildman–Crippen LogP) is -0.102. The van der Waals surface area contributed by atoms with Crippen LogP contribution in [0.5, 0.6) is 0 Å². The number of carbonyl (C=O) groups is 1. The van der Waals surface area contributed by atoms with Crippen molar-refractivity contribution in [2.45, 2.75) is 12.5 Å². The highest BCUT2D eigenvalue weighted by Crippen LogP contribution is 2.21. The zero-order valence-electron chi connectivity index (χ0n) is 13.2. The first-order valence-electron chi connectivity index (χ1n) is 7.36. The van der Waals surface area contributed by atoms with Gasteiger partial charge in [0.1, 0.15) is 0 Å². The van der Waals surface area contributed by atoms with E-state index in [-0.39, 0.29) is 25.0 Å². The first kappa shape index (κ1) is 17.7. The Morgan fingerprint density at radius 1 is 1.35 bits per heavy atom. The first-order valence-corrected chi connectivity index (χ1v) is 9.21. The highest BCUT2D eigenvalue weighted by Gasteiger charge is 2.30. The van der Waals surface area contributed by atoms with Crippen molar-refractivity contribution in [3.63, 3.8) is 0 Å². The summed E-state index contributed by atoms with van der Waals surface area (Å²) in [6.07, 6.45) is 0.935. The van der Waals surface area contributed by atoms with Gasteiger partial charge in [-0.1, -0.05) is 0 Å². The van der Waals surface area contributed by atoms with Gasteiger partial charge in [-0.15, -0.1) is 0 Å². The minimum atomic E-state index is -3.34. The van der Waals surface area contributed by atoms with Crippen LogP contribution in [0.15, 0.2) is 24.3 Å². The number of sulfonamides is 1. The van der Waals surface area contributed by atoms with Gasteiger partial charge in [-0.25, -0.2) is 8.42 Å². The van der Waals surface area contributed by atoms with Gasteiger partial charge in [0.2, 0.25) is 10.0 Å². The molecular weight excluding hydrogens is 320 g/mol. The molecule has 0 saturated carbocycles. The van der Waals surface area contributed by atoms with Crippen LogP contribution < -0.4 is 4.31 Å². The van der Waals surface area contributed by atoms with E-state index in [2.05, 4.69) is 0 Å². The van der Waals surface area contributed by atoms with Crippen molar-refractivity contribution in [2.24, 2.45) is 5.92 Å². The zero-order chi connectivity index (χ0) is 17.2. The van der Waals surface area contributed by atoms with E-state index in [9.17, 15) is 18.3 Å². The predicted molar refractivity (Wildman–Crippen MR) is 86.8 cm³/mol. The molecule has 0 aromatic heterocycles. The number of nitrogens with zero attached hydrogens (tertiary/aromatic N) is 2. The lowest BCUT2D eigenvalue weighted by Gasteiger charge is -2.35. The number of benzene rings is 1. The van der Waals surface area contributed by atoms with E-state index in [1.54, 1.807) is 29.2 Å². The lowest BCUT2D eigenvalue weighted by molar-refractivity contribution is 0.000878. The molecule has 8 heteroatoms. The van der Waals surface area contributed by atoms with Crippen LogP contribution in [0.4, 0.5) is 5.69 Å². The Kier molecular flexibility index (Phi) is 5.28. The van der Waals surface area contributed by atoms with Crippen molar-refractivity contribution in [3.05, 3.63) is 29.8 Å². The molecule has 1 aliphatic heterocycles. The minimum Gasteiger partial charge on any atom is -0.396 e. The van der Waals surface area contributed by atoms with E-state index >= 15 is 0 Å². The van der Waals surface area contributed by atoms with Crippen LogP contribution in [0.1, 0.15) is 16.8 Å². The monoisotopic (exact) mass is 342 g/mol. The van der Waals surface area contributed by atoms with Crippen molar-refractivity contribution >= 4 is 21.6 Å². The molecule has 2 N–H and O–H groups in total. The largest absolute Gasteiger partial charge is 0.396 e. The Hall–Kier alpha value is -1.64. The average Bonchev–Trinajstić information content (AvgIpc) is 2.52. The van der Waals surface area contributed by atoms with Crippen molar-refractivity contribution < 1.29 is 23.4 Å². The second kappa shape index (κ2) is 6.86. The lowest BCUT2D eigenvalue weighted by atomic mass is 9.94. The third-order valence-electron chi connectivity index (χ3n) is 4.22. The number of β-amino-alcohol motifs (C(OH)–C–C–N with tert-alkyl or cyclic N) is 1. The minimum absolute atomic E-state index is 0.0876. The van der Waals surface area contributed by atoms with E-state index in [1.807, 2.05) is 0 Å². The summed E-state index contributed by atoms with van der Waals surface area (Å²) in [5.74, 6) is -0.404. The molecule has 1 fully saturated rings. The molecule has 0 radical (unpaired) electrons. The molecule has 0 aliphatic carbocycles. The second-order valence-corrected chi connectivity index (χ2v) is 7.84. The number of hydrogen-bond donors (Lipinski definition) is 2. The maximum absolute atomic E-state index is 12.4. The Balaban J connectivity index is 2.09. The summed E-state index contributed by atoms with van der Waals surface area (Å²) in [7, 11) is -1.90. The molecule has 1 aromatic rings. The molecule has 2 rings (SSSR count). The van der Waals surface area contributed by atoms with Crippen molar-refractivity contribution in [1.29, 1.82) is 0 Å². The van der Waals surface area contributed by atoms with Gasteiger partial charge in [0.25, 0.3) is 5.91 Å². The van der Waals surface area contributed by atoms with E-state index in [0.29, 0.717) is 24.2 Å². The number of likely N-dealkylation sites (tertiary alicyclic amines) is 1. The molecule has 0 spiro atoms. The van der Waals surface area contributed by atoms with Crippen molar-refractivity contribution in [2.75, 3.05) is 37.3 Å². The molecule has 1 aromatic carbocycles. The summed E-state index contributed by atoms with van der Waals surface area (Å²) in [6, 6.07) is 6.30. The van der Waals surface area contributed by atoms with E-state index in [0.717, 1.165) is 10.6 Å². The van der Waals surface area contributed by atoms with Gasteiger partial charge in [0.15, 0.2) is 0 Å². The van der Waals surface area contributed by atoms with Gasteiger partial charge >= 0.3 is 0 Å². The summed E-state index contributed by atoms with van der Waals surface area (Å²) in [6.45, 7) is 0.580. The average molecular weight is 342 g/mol. The number of anilines is 1. The number of piperidine rings is 1. The molecule has 1 saturated heterocycles. The van der Waals surface area contributed by atoms with E-state index < -0.39 is 16.1 Å². The van der Waals surface area contributed by atoms with Crippen LogP contribution in [-0.2, 0) is 10.0 Å². The maximum atomic E-state index is 12.4. The van der Waals surface area contributed by atoms with Crippen LogP contribution in [0.3, 0.4) is 0 Å². The number of carbonyl (C=O) groups excluding carboxylic acids is 1. The molecule has 0 bridgehead atoms. The third kappa shape index (κ3) is 4.01. The Morgan fingerprint density at radius 2 is 1.96 bits per heavy atom. The number of aliphatic hydroxyl groups excluding tert-OH is 2. The SMILES string of the molecule is CN(c1ccc(C(=O)N2CC[C@H](CO)[C@H](O)C2)cc1)S(C)(=O)=O. The summed E-state index contributed by atoms with van der Waals surface area (Å²) in [5, 5.41) is 19.0. The summed E-state index contributed by atoms with van der Waals surface area (Å²) < 4.78 is 24.1. The van der Waals surface area contributed by atoms with Gasteiger partial charge in [-0.05, 0) is 30.7 Å². The molecule has 1 amide bonds. The van der Waals surface area contributed by atoms with Gasteiger partial charge in [0, 0.05) is 38.2 Å².